The Hall–Kier alpha value is -0.870. The van der Waals surface area contributed by atoms with Gasteiger partial charge in [0, 0.05) is 18.7 Å². The van der Waals surface area contributed by atoms with Crippen LogP contribution in [0.25, 0.3) is 0 Å². The highest BCUT2D eigenvalue weighted by Crippen LogP contribution is 2.45. The lowest BCUT2D eigenvalue weighted by atomic mass is 9.95. The monoisotopic (exact) mass is 281 g/mol. The Morgan fingerprint density at radius 1 is 1.37 bits per heavy atom. The number of aromatic nitrogens is 2. The quantitative estimate of drug-likeness (QED) is 0.842. The Kier molecular flexibility index (Phi) is 3.89. The minimum Gasteiger partial charge on any atom is -0.374 e. The molecule has 4 nitrogen and oxygen atoms in total. The van der Waals surface area contributed by atoms with Crippen molar-refractivity contribution in [2.24, 2.45) is 11.8 Å². The Balaban J connectivity index is 1.68. The summed E-state index contributed by atoms with van der Waals surface area (Å²) in [6.45, 7) is 3.03. The Morgan fingerprint density at radius 3 is 2.95 bits per heavy atom. The van der Waals surface area contributed by atoms with E-state index in [0.29, 0.717) is 30.2 Å². The van der Waals surface area contributed by atoms with Gasteiger partial charge in [-0.2, -0.15) is 0 Å². The molecule has 0 radical (unpaired) electrons. The molecule has 0 aliphatic heterocycles. The molecule has 2 aliphatic carbocycles. The number of halogens is 1. The van der Waals surface area contributed by atoms with E-state index in [9.17, 15) is 0 Å². The zero-order chi connectivity index (χ0) is 13.2. The molecule has 3 unspecified atom stereocenters. The predicted molar refractivity (Wildman–Crippen MR) is 75.2 cm³/mol. The first-order chi connectivity index (χ1) is 9.24. The van der Waals surface area contributed by atoms with Gasteiger partial charge >= 0.3 is 0 Å². The maximum absolute atomic E-state index is 6.05. The van der Waals surface area contributed by atoms with Gasteiger partial charge in [-0.3, -0.25) is 0 Å². The average Bonchev–Trinajstić information content (AvgIpc) is 2.98. The molecule has 5 heteroatoms. The number of fused-ring (bicyclic) bond motifs is 2. The van der Waals surface area contributed by atoms with E-state index in [1.807, 2.05) is 13.0 Å². The van der Waals surface area contributed by atoms with Crippen LogP contribution in [0.3, 0.4) is 0 Å². The molecule has 3 rings (SSSR count). The molecule has 19 heavy (non-hydrogen) atoms. The molecule has 1 heterocycles. The van der Waals surface area contributed by atoms with Crippen LogP contribution in [-0.4, -0.2) is 22.6 Å². The van der Waals surface area contributed by atoms with Crippen molar-refractivity contribution in [1.82, 2.24) is 9.97 Å². The van der Waals surface area contributed by atoms with Gasteiger partial charge < -0.3 is 10.1 Å². The average molecular weight is 282 g/mol. The fraction of sp³-hybridized carbons (Fsp3) is 0.714. The molecule has 2 aliphatic rings. The molecule has 104 valence electrons. The zero-order valence-corrected chi connectivity index (χ0v) is 12.0. The van der Waals surface area contributed by atoms with Crippen LogP contribution in [-0.2, 0) is 11.3 Å². The van der Waals surface area contributed by atoms with Crippen molar-refractivity contribution in [3.05, 3.63) is 17.0 Å². The van der Waals surface area contributed by atoms with Gasteiger partial charge in [0.2, 0.25) is 0 Å². The summed E-state index contributed by atoms with van der Waals surface area (Å²) in [5.41, 5.74) is 0. The summed E-state index contributed by atoms with van der Waals surface area (Å²) in [5.74, 6) is 3.23. The van der Waals surface area contributed by atoms with Gasteiger partial charge in [0.15, 0.2) is 5.82 Å². The number of nitrogens with zero attached hydrogens (tertiary/aromatic N) is 2. The number of anilines is 1. The molecule has 2 fully saturated rings. The maximum atomic E-state index is 6.05. The van der Waals surface area contributed by atoms with E-state index in [-0.39, 0.29) is 0 Å². The van der Waals surface area contributed by atoms with E-state index in [4.69, 9.17) is 16.3 Å². The number of hydrogen-bond donors (Lipinski definition) is 1. The molecule has 2 saturated carbocycles. The van der Waals surface area contributed by atoms with Gasteiger partial charge in [-0.25, -0.2) is 9.97 Å². The first kappa shape index (κ1) is 13.1. The second-order valence-corrected chi connectivity index (χ2v) is 5.94. The fourth-order valence-corrected chi connectivity index (χ4v) is 3.61. The molecular weight excluding hydrogens is 262 g/mol. The van der Waals surface area contributed by atoms with Crippen LogP contribution in [0.2, 0.25) is 5.15 Å². The summed E-state index contributed by atoms with van der Waals surface area (Å²) >= 11 is 6.05. The highest BCUT2D eigenvalue weighted by molar-refractivity contribution is 6.29. The van der Waals surface area contributed by atoms with E-state index in [1.54, 1.807) is 0 Å². The SMILES string of the molecule is CCOCc1nc(Cl)cc(NC2CC3CCC2C3)n1. The van der Waals surface area contributed by atoms with Crippen molar-refractivity contribution in [2.75, 3.05) is 11.9 Å². The lowest BCUT2D eigenvalue weighted by molar-refractivity contribution is 0.128. The molecular formula is C14H20ClN3O. The second-order valence-electron chi connectivity index (χ2n) is 5.55. The minimum absolute atomic E-state index is 0.419. The highest BCUT2D eigenvalue weighted by Gasteiger charge is 2.39. The van der Waals surface area contributed by atoms with Gasteiger partial charge in [-0.1, -0.05) is 18.0 Å². The number of hydrogen-bond acceptors (Lipinski definition) is 4. The van der Waals surface area contributed by atoms with Crippen LogP contribution >= 0.6 is 11.6 Å². The molecule has 1 aromatic heterocycles. The molecule has 1 aromatic rings. The Labute approximate surface area is 118 Å². The summed E-state index contributed by atoms with van der Waals surface area (Å²) in [6.07, 6.45) is 5.41. The fourth-order valence-electron chi connectivity index (χ4n) is 3.41. The maximum Gasteiger partial charge on any atom is 0.158 e. The van der Waals surface area contributed by atoms with Crippen LogP contribution in [0.15, 0.2) is 6.07 Å². The van der Waals surface area contributed by atoms with Crippen LogP contribution in [0, 0.1) is 11.8 Å². The highest BCUT2D eigenvalue weighted by atomic mass is 35.5. The topological polar surface area (TPSA) is 47.0 Å². The summed E-state index contributed by atoms with van der Waals surface area (Å²) in [5, 5.41) is 4.02. The molecule has 0 amide bonds. The molecule has 1 N–H and O–H groups in total. The zero-order valence-electron chi connectivity index (χ0n) is 11.2. The van der Waals surface area contributed by atoms with E-state index in [0.717, 1.165) is 17.7 Å². The standard InChI is InChI=1S/C14H20ClN3O/c1-2-19-8-14-17-12(15)7-13(18-14)16-11-6-9-3-4-10(11)5-9/h7,9-11H,2-6,8H2,1H3,(H,16,17,18). The van der Waals surface area contributed by atoms with Crippen molar-refractivity contribution in [3.63, 3.8) is 0 Å². The third-order valence-corrected chi connectivity index (χ3v) is 4.44. The number of ether oxygens (including phenoxy) is 1. The largest absolute Gasteiger partial charge is 0.374 e. The van der Waals surface area contributed by atoms with Crippen molar-refractivity contribution in [3.8, 4) is 0 Å². The van der Waals surface area contributed by atoms with Gasteiger partial charge in [0.25, 0.3) is 0 Å². The third kappa shape index (κ3) is 3.00. The van der Waals surface area contributed by atoms with Crippen molar-refractivity contribution in [1.29, 1.82) is 0 Å². The van der Waals surface area contributed by atoms with Crippen molar-refractivity contribution in [2.45, 2.75) is 45.3 Å². The number of nitrogens with one attached hydrogen (secondary N) is 1. The van der Waals surface area contributed by atoms with Crippen molar-refractivity contribution >= 4 is 17.4 Å². The second kappa shape index (κ2) is 5.63. The third-order valence-electron chi connectivity index (χ3n) is 4.25. The van der Waals surface area contributed by atoms with E-state index >= 15 is 0 Å². The van der Waals surface area contributed by atoms with Crippen LogP contribution < -0.4 is 5.32 Å². The molecule has 0 aromatic carbocycles. The first-order valence-electron chi connectivity index (χ1n) is 7.12. The molecule has 3 atom stereocenters. The van der Waals surface area contributed by atoms with Crippen LogP contribution in [0.4, 0.5) is 5.82 Å². The van der Waals surface area contributed by atoms with Crippen LogP contribution in [0.1, 0.15) is 38.4 Å². The van der Waals surface area contributed by atoms with Gasteiger partial charge in [0.05, 0.1) is 0 Å². The van der Waals surface area contributed by atoms with E-state index in [2.05, 4.69) is 15.3 Å². The molecule has 0 spiro atoms. The lowest BCUT2D eigenvalue weighted by Gasteiger charge is -2.23. The summed E-state index contributed by atoms with van der Waals surface area (Å²) in [7, 11) is 0. The van der Waals surface area contributed by atoms with Gasteiger partial charge in [0.1, 0.15) is 17.6 Å². The molecule has 0 saturated heterocycles. The normalized spacial score (nSPS) is 28.8. The van der Waals surface area contributed by atoms with Crippen LogP contribution in [0.5, 0.6) is 0 Å². The Morgan fingerprint density at radius 2 is 2.26 bits per heavy atom. The first-order valence-corrected chi connectivity index (χ1v) is 7.50. The summed E-state index contributed by atoms with van der Waals surface area (Å²) < 4.78 is 5.34. The lowest BCUT2D eigenvalue weighted by Crippen LogP contribution is -2.26. The van der Waals surface area contributed by atoms with Gasteiger partial charge in [-0.15, -0.1) is 0 Å². The smallest absolute Gasteiger partial charge is 0.158 e. The Bertz CT molecular complexity index is 454. The summed E-state index contributed by atoms with van der Waals surface area (Å²) in [6, 6.07) is 2.37. The van der Waals surface area contributed by atoms with Crippen molar-refractivity contribution < 1.29 is 4.74 Å². The van der Waals surface area contributed by atoms with Gasteiger partial charge in [-0.05, 0) is 38.0 Å². The molecule has 2 bridgehead atoms. The predicted octanol–water partition coefficient (Wildman–Crippen LogP) is 3.27. The minimum atomic E-state index is 0.419. The number of rotatable bonds is 5. The van der Waals surface area contributed by atoms with E-state index < -0.39 is 0 Å². The summed E-state index contributed by atoms with van der Waals surface area (Å²) in [4.78, 5) is 8.67. The van der Waals surface area contributed by atoms with E-state index in [1.165, 1.54) is 25.7 Å².